The summed E-state index contributed by atoms with van der Waals surface area (Å²) in [6.45, 7) is 4.42. The van der Waals surface area contributed by atoms with Crippen molar-refractivity contribution >= 4 is 5.91 Å². The van der Waals surface area contributed by atoms with Crippen LogP contribution < -0.4 is 5.32 Å². The maximum Gasteiger partial charge on any atom is 0.220 e. The molecule has 0 bridgehead atoms. The minimum absolute atomic E-state index is 0.0197. The molecule has 3 N–H and O–H groups in total. The molecule has 4 nitrogen and oxygen atoms in total. The van der Waals surface area contributed by atoms with Crippen molar-refractivity contribution in [2.24, 2.45) is 0 Å². The van der Waals surface area contributed by atoms with Gasteiger partial charge in [0.25, 0.3) is 0 Å². The molecular weight excluding hydrogens is 879 g/mol. The first-order chi connectivity index (χ1) is 35.7. The first-order valence-electron chi connectivity index (χ1n) is 34.2. The van der Waals surface area contributed by atoms with Crippen molar-refractivity contribution in [3.8, 4) is 0 Å². The molecule has 0 aliphatic heterocycles. The lowest BCUT2D eigenvalue weighted by Gasteiger charge is -2.22. The second kappa shape index (κ2) is 64.7. The molecule has 2 atom stereocenters. The number of carbonyl (C=O) groups excluding carboxylic acids is 1. The van der Waals surface area contributed by atoms with E-state index >= 15 is 0 Å². The minimum Gasteiger partial charge on any atom is -0.394 e. The monoisotopic (exact) mass is 1020 g/mol. The number of aliphatic hydroxyl groups excluding tert-OH is 2. The summed E-state index contributed by atoms with van der Waals surface area (Å²) in [6.07, 6.45) is 84.5. The van der Waals surface area contributed by atoms with Crippen LogP contribution in [0.1, 0.15) is 412 Å². The van der Waals surface area contributed by atoms with Crippen LogP contribution in [0.3, 0.4) is 0 Å². The Hall–Kier alpha value is -0.610. The standard InChI is InChI=1S/C68H137NO3/c1-3-5-7-9-11-13-15-17-19-21-23-25-27-28-29-30-31-32-33-34-35-36-37-38-39-40-42-44-46-48-50-52-54-56-58-60-62-64-68(72)69-66(65-70)67(71)63-61-59-57-55-53-51-49-47-45-43-41-26-24-22-20-18-16-14-12-10-8-6-4-2/h66-67,70-71H,3-65H2,1-2H3,(H,69,72). The number of hydrogen-bond donors (Lipinski definition) is 3. The molecule has 0 heterocycles. The Bertz CT molecular complexity index is 971. The van der Waals surface area contributed by atoms with E-state index in [-0.39, 0.29) is 12.5 Å². The molecule has 0 spiro atoms. The highest BCUT2D eigenvalue weighted by Gasteiger charge is 2.20. The Labute approximate surface area is 454 Å². The largest absolute Gasteiger partial charge is 0.394 e. The fourth-order valence-electron chi connectivity index (χ4n) is 11.4. The lowest BCUT2D eigenvalue weighted by atomic mass is 10.0. The van der Waals surface area contributed by atoms with Gasteiger partial charge in [0.15, 0.2) is 0 Å². The van der Waals surface area contributed by atoms with E-state index in [9.17, 15) is 15.0 Å². The van der Waals surface area contributed by atoms with Gasteiger partial charge < -0.3 is 15.5 Å². The summed E-state index contributed by atoms with van der Waals surface area (Å²) in [4.78, 5) is 12.5. The lowest BCUT2D eigenvalue weighted by Crippen LogP contribution is -2.45. The van der Waals surface area contributed by atoms with Gasteiger partial charge in [-0.3, -0.25) is 4.79 Å². The molecule has 0 saturated carbocycles. The molecule has 2 unspecified atom stereocenters. The molecule has 0 aliphatic carbocycles. The van der Waals surface area contributed by atoms with Gasteiger partial charge in [-0.25, -0.2) is 0 Å². The number of unbranched alkanes of at least 4 members (excludes halogenated alkanes) is 58. The topological polar surface area (TPSA) is 69.6 Å². The van der Waals surface area contributed by atoms with Gasteiger partial charge in [-0.2, -0.15) is 0 Å². The van der Waals surface area contributed by atoms with Crippen LogP contribution in [-0.4, -0.2) is 34.9 Å². The summed E-state index contributed by atoms with van der Waals surface area (Å²) >= 11 is 0. The number of hydrogen-bond acceptors (Lipinski definition) is 3. The van der Waals surface area contributed by atoms with Crippen molar-refractivity contribution in [3.63, 3.8) is 0 Å². The van der Waals surface area contributed by atoms with Gasteiger partial charge in [0.2, 0.25) is 5.91 Å². The third kappa shape index (κ3) is 60.3. The zero-order chi connectivity index (χ0) is 52.0. The van der Waals surface area contributed by atoms with Crippen LogP contribution in [0.2, 0.25) is 0 Å². The van der Waals surface area contributed by atoms with Crippen molar-refractivity contribution in [3.05, 3.63) is 0 Å². The lowest BCUT2D eigenvalue weighted by molar-refractivity contribution is -0.123. The second-order valence-electron chi connectivity index (χ2n) is 24.0. The zero-order valence-electron chi connectivity index (χ0n) is 50.0. The number of aliphatic hydroxyl groups is 2. The minimum atomic E-state index is -0.656. The van der Waals surface area contributed by atoms with Gasteiger partial charge in [0, 0.05) is 6.42 Å². The Kier molecular flexibility index (Phi) is 64.1. The molecule has 0 aliphatic rings. The maximum absolute atomic E-state index is 12.5. The zero-order valence-corrected chi connectivity index (χ0v) is 50.0. The van der Waals surface area contributed by atoms with Crippen LogP contribution in [0.25, 0.3) is 0 Å². The first kappa shape index (κ1) is 71.4. The average molecular weight is 1020 g/mol. The normalized spacial score (nSPS) is 12.6. The van der Waals surface area contributed by atoms with Crippen LogP contribution in [0.15, 0.2) is 0 Å². The predicted molar refractivity (Wildman–Crippen MR) is 323 cm³/mol. The maximum atomic E-state index is 12.5. The molecule has 0 saturated heterocycles. The van der Waals surface area contributed by atoms with E-state index in [1.807, 2.05) is 0 Å². The van der Waals surface area contributed by atoms with Crippen LogP contribution >= 0.6 is 0 Å². The highest BCUT2D eigenvalue weighted by Crippen LogP contribution is 2.20. The summed E-state index contributed by atoms with van der Waals surface area (Å²) in [6, 6.07) is -0.532. The van der Waals surface area contributed by atoms with Gasteiger partial charge in [0.1, 0.15) is 0 Å². The summed E-state index contributed by atoms with van der Waals surface area (Å²) in [5.41, 5.74) is 0. The third-order valence-electron chi connectivity index (χ3n) is 16.6. The molecule has 0 fully saturated rings. The Morgan fingerprint density at radius 3 is 0.625 bits per heavy atom. The van der Waals surface area contributed by atoms with Gasteiger partial charge in [0.05, 0.1) is 18.8 Å². The fourth-order valence-corrected chi connectivity index (χ4v) is 11.4. The average Bonchev–Trinajstić information content (AvgIpc) is 3.39. The summed E-state index contributed by atoms with van der Waals surface area (Å²) in [5.74, 6) is -0.0197. The van der Waals surface area contributed by atoms with E-state index in [1.165, 1.54) is 360 Å². The quantitative estimate of drug-likeness (QED) is 0.0532. The van der Waals surface area contributed by atoms with E-state index in [4.69, 9.17) is 0 Å². The van der Waals surface area contributed by atoms with E-state index in [2.05, 4.69) is 19.2 Å². The summed E-state index contributed by atoms with van der Waals surface area (Å²) in [7, 11) is 0. The molecule has 0 aromatic rings. The number of carbonyl (C=O) groups is 1. The molecule has 1 amide bonds. The predicted octanol–water partition coefficient (Wildman–Crippen LogP) is 23.1. The Morgan fingerprint density at radius 2 is 0.444 bits per heavy atom. The Balaban J connectivity index is 3.34. The highest BCUT2D eigenvalue weighted by atomic mass is 16.3. The fraction of sp³-hybridized carbons (Fsp3) is 0.985. The smallest absolute Gasteiger partial charge is 0.220 e. The highest BCUT2D eigenvalue weighted by molar-refractivity contribution is 5.76. The van der Waals surface area contributed by atoms with Gasteiger partial charge in [-0.15, -0.1) is 0 Å². The molecule has 0 rings (SSSR count). The molecule has 72 heavy (non-hydrogen) atoms. The summed E-state index contributed by atoms with van der Waals surface area (Å²) < 4.78 is 0. The molecule has 0 aromatic carbocycles. The van der Waals surface area contributed by atoms with E-state index < -0.39 is 12.1 Å². The van der Waals surface area contributed by atoms with Crippen molar-refractivity contribution in [1.82, 2.24) is 5.32 Å². The second-order valence-corrected chi connectivity index (χ2v) is 24.0. The van der Waals surface area contributed by atoms with Crippen molar-refractivity contribution in [2.45, 2.75) is 424 Å². The number of nitrogens with one attached hydrogen (secondary N) is 1. The van der Waals surface area contributed by atoms with E-state index in [1.54, 1.807) is 0 Å². The molecular formula is C68H137NO3. The van der Waals surface area contributed by atoms with Crippen molar-refractivity contribution < 1.29 is 15.0 Å². The SMILES string of the molecule is CCCCCCCCCCCCCCCCCCCCCCCCCCCCCCCCCCCCCCCC(=O)NC(CO)C(O)CCCCCCCCCCCCCCCCCCCCCCCCC. The Morgan fingerprint density at radius 1 is 0.278 bits per heavy atom. The van der Waals surface area contributed by atoms with Crippen LogP contribution in [0.5, 0.6) is 0 Å². The van der Waals surface area contributed by atoms with Gasteiger partial charge in [-0.1, -0.05) is 393 Å². The van der Waals surface area contributed by atoms with Crippen LogP contribution in [0, 0.1) is 0 Å². The molecule has 4 heteroatoms. The first-order valence-corrected chi connectivity index (χ1v) is 34.2. The molecule has 0 radical (unpaired) electrons. The third-order valence-corrected chi connectivity index (χ3v) is 16.6. The van der Waals surface area contributed by atoms with Crippen molar-refractivity contribution in [2.75, 3.05) is 6.61 Å². The molecule has 0 aromatic heterocycles. The van der Waals surface area contributed by atoms with Crippen LogP contribution in [-0.2, 0) is 4.79 Å². The van der Waals surface area contributed by atoms with E-state index in [0.717, 1.165) is 25.7 Å². The van der Waals surface area contributed by atoms with E-state index in [0.29, 0.717) is 12.8 Å². The van der Waals surface area contributed by atoms with Gasteiger partial charge >= 0.3 is 0 Å². The number of rotatable bonds is 65. The number of amides is 1. The summed E-state index contributed by atoms with van der Waals surface area (Å²) in [5, 5.41) is 23.4. The van der Waals surface area contributed by atoms with Crippen LogP contribution in [0.4, 0.5) is 0 Å². The van der Waals surface area contributed by atoms with Crippen molar-refractivity contribution in [1.29, 1.82) is 0 Å². The molecule has 432 valence electrons. The van der Waals surface area contributed by atoms with Gasteiger partial charge in [-0.05, 0) is 12.8 Å².